The number of hydrogen-bond acceptors (Lipinski definition) is 2. The summed E-state index contributed by atoms with van der Waals surface area (Å²) in [7, 11) is 0. The quantitative estimate of drug-likeness (QED) is 0.625. The molecule has 14 heavy (non-hydrogen) atoms. The molecule has 0 N–H and O–H groups in total. The van der Waals surface area contributed by atoms with Gasteiger partial charge in [0.15, 0.2) is 5.75 Å². The molecule has 0 amide bonds. The molecule has 0 aromatic heterocycles. The molecule has 0 aliphatic carbocycles. The molecule has 1 aliphatic rings. The summed E-state index contributed by atoms with van der Waals surface area (Å²) in [6.45, 7) is 7.48. The minimum absolute atomic E-state index is 0.0769. The molecule has 0 unspecified atom stereocenters. The maximum Gasteiger partial charge on any atom is 0.150 e. The summed E-state index contributed by atoms with van der Waals surface area (Å²) in [4.78, 5) is 5.83. The van der Waals surface area contributed by atoms with Gasteiger partial charge in [0.1, 0.15) is 0 Å². The van der Waals surface area contributed by atoms with Crippen molar-refractivity contribution >= 4 is 0 Å². The van der Waals surface area contributed by atoms with Crippen molar-refractivity contribution < 1.29 is 4.84 Å². The Labute approximate surface area is 85.4 Å². The van der Waals surface area contributed by atoms with Crippen LogP contribution in [0.4, 0.5) is 0 Å². The molecule has 0 radical (unpaired) electrons. The van der Waals surface area contributed by atoms with E-state index in [2.05, 4.69) is 38.0 Å². The van der Waals surface area contributed by atoms with E-state index in [1.807, 2.05) is 12.1 Å². The monoisotopic (exact) mass is 191 g/mol. The lowest BCUT2D eigenvalue weighted by Gasteiger charge is -2.37. The van der Waals surface area contributed by atoms with Crippen LogP contribution in [0.25, 0.3) is 0 Å². The Balaban J connectivity index is 2.22. The van der Waals surface area contributed by atoms with Crippen LogP contribution in [0.5, 0.6) is 5.75 Å². The molecule has 0 saturated carbocycles. The highest BCUT2D eigenvalue weighted by Crippen LogP contribution is 2.27. The first-order valence-corrected chi connectivity index (χ1v) is 5.11. The van der Waals surface area contributed by atoms with Gasteiger partial charge in [0.2, 0.25) is 0 Å². The van der Waals surface area contributed by atoms with E-state index >= 15 is 0 Å². The van der Waals surface area contributed by atoms with Crippen LogP contribution in [-0.2, 0) is 6.42 Å². The zero-order valence-corrected chi connectivity index (χ0v) is 9.08. The molecular formula is C12H17NO. The molecule has 0 fully saturated rings. The normalized spacial score (nSPS) is 17.4. The number of nitrogens with zero attached hydrogens (tertiary/aromatic N) is 1. The maximum atomic E-state index is 5.83. The predicted molar refractivity (Wildman–Crippen MR) is 57.2 cm³/mol. The van der Waals surface area contributed by atoms with Gasteiger partial charge in [-0.05, 0) is 38.8 Å². The van der Waals surface area contributed by atoms with Gasteiger partial charge >= 0.3 is 0 Å². The number of para-hydroxylation sites is 1. The molecule has 1 aliphatic heterocycles. The average Bonchev–Trinajstić information content (AvgIpc) is 2.16. The second-order valence-corrected chi connectivity index (χ2v) is 4.72. The lowest BCUT2D eigenvalue weighted by atomic mass is 10.1. The third-order valence-corrected chi connectivity index (χ3v) is 2.51. The Bertz CT molecular complexity index is 327. The van der Waals surface area contributed by atoms with Crippen LogP contribution in [0.2, 0.25) is 0 Å². The molecule has 1 aromatic carbocycles. The van der Waals surface area contributed by atoms with Crippen molar-refractivity contribution in [2.45, 2.75) is 32.7 Å². The van der Waals surface area contributed by atoms with E-state index in [1.54, 1.807) is 0 Å². The average molecular weight is 191 g/mol. The van der Waals surface area contributed by atoms with Crippen molar-refractivity contribution in [2.75, 3.05) is 6.54 Å². The lowest BCUT2D eigenvalue weighted by molar-refractivity contribution is -0.134. The predicted octanol–water partition coefficient (Wildman–Crippen LogP) is 2.64. The smallest absolute Gasteiger partial charge is 0.150 e. The van der Waals surface area contributed by atoms with E-state index in [0.29, 0.717) is 0 Å². The summed E-state index contributed by atoms with van der Waals surface area (Å²) >= 11 is 0. The summed E-state index contributed by atoms with van der Waals surface area (Å²) in [5, 5.41) is 2.05. The molecule has 0 atom stereocenters. The van der Waals surface area contributed by atoms with Crippen LogP contribution in [0.1, 0.15) is 26.3 Å². The first-order valence-electron chi connectivity index (χ1n) is 5.11. The number of hydrogen-bond donors (Lipinski definition) is 0. The zero-order valence-electron chi connectivity index (χ0n) is 9.08. The van der Waals surface area contributed by atoms with Crippen molar-refractivity contribution in [1.82, 2.24) is 5.06 Å². The molecule has 0 saturated heterocycles. The summed E-state index contributed by atoms with van der Waals surface area (Å²) in [6.07, 6.45) is 1.08. The Morgan fingerprint density at radius 2 is 1.93 bits per heavy atom. The minimum Gasteiger partial charge on any atom is -0.405 e. The van der Waals surface area contributed by atoms with Gasteiger partial charge in [-0.25, -0.2) is 0 Å². The van der Waals surface area contributed by atoms with E-state index in [-0.39, 0.29) is 5.54 Å². The molecule has 2 rings (SSSR count). The van der Waals surface area contributed by atoms with E-state index in [9.17, 15) is 0 Å². The standard InChI is InChI=1S/C12H17NO/c1-12(2,3)13-9-8-10-6-4-5-7-11(10)14-13/h4-7H,8-9H2,1-3H3. The maximum absolute atomic E-state index is 5.83. The van der Waals surface area contributed by atoms with E-state index in [0.717, 1.165) is 18.7 Å². The van der Waals surface area contributed by atoms with Crippen LogP contribution in [0, 0.1) is 0 Å². The highest BCUT2D eigenvalue weighted by atomic mass is 16.7. The van der Waals surface area contributed by atoms with Gasteiger partial charge in [-0.3, -0.25) is 0 Å². The third-order valence-electron chi connectivity index (χ3n) is 2.51. The van der Waals surface area contributed by atoms with Gasteiger partial charge in [-0.2, -0.15) is 0 Å². The van der Waals surface area contributed by atoms with Crippen molar-refractivity contribution in [3.8, 4) is 5.75 Å². The molecule has 2 heteroatoms. The number of benzene rings is 1. The number of fused-ring (bicyclic) bond motifs is 1. The fourth-order valence-electron chi connectivity index (χ4n) is 1.66. The largest absolute Gasteiger partial charge is 0.405 e. The summed E-state index contributed by atoms with van der Waals surface area (Å²) in [6, 6.07) is 8.25. The van der Waals surface area contributed by atoms with Crippen LogP contribution in [0.3, 0.4) is 0 Å². The summed E-state index contributed by atoms with van der Waals surface area (Å²) in [5.74, 6) is 1.01. The van der Waals surface area contributed by atoms with E-state index in [4.69, 9.17) is 4.84 Å². The topological polar surface area (TPSA) is 12.5 Å². The third kappa shape index (κ3) is 1.75. The van der Waals surface area contributed by atoms with Gasteiger partial charge < -0.3 is 4.84 Å². The zero-order chi connectivity index (χ0) is 10.2. The minimum atomic E-state index is 0.0769. The van der Waals surface area contributed by atoms with E-state index in [1.165, 1.54) is 5.56 Å². The highest BCUT2D eigenvalue weighted by molar-refractivity contribution is 5.34. The van der Waals surface area contributed by atoms with Crippen molar-refractivity contribution in [1.29, 1.82) is 0 Å². The summed E-state index contributed by atoms with van der Waals surface area (Å²) < 4.78 is 0. The van der Waals surface area contributed by atoms with Crippen LogP contribution < -0.4 is 4.84 Å². The molecule has 76 valence electrons. The second kappa shape index (κ2) is 3.28. The Morgan fingerprint density at radius 1 is 1.21 bits per heavy atom. The van der Waals surface area contributed by atoms with Gasteiger partial charge in [0.05, 0.1) is 0 Å². The number of hydroxylamine groups is 2. The SMILES string of the molecule is CC(C)(C)N1CCc2ccccc2O1. The van der Waals surface area contributed by atoms with Crippen molar-refractivity contribution in [2.24, 2.45) is 0 Å². The van der Waals surface area contributed by atoms with E-state index < -0.39 is 0 Å². The molecule has 1 aromatic rings. The van der Waals surface area contributed by atoms with Gasteiger partial charge in [-0.15, -0.1) is 5.06 Å². The first kappa shape index (κ1) is 9.53. The van der Waals surface area contributed by atoms with Crippen LogP contribution in [0.15, 0.2) is 24.3 Å². The molecule has 0 bridgehead atoms. The van der Waals surface area contributed by atoms with Gasteiger partial charge in [-0.1, -0.05) is 18.2 Å². The van der Waals surface area contributed by atoms with Gasteiger partial charge in [0, 0.05) is 12.1 Å². The Kier molecular flexibility index (Phi) is 2.23. The van der Waals surface area contributed by atoms with Crippen molar-refractivity contribution in [3.63, 3.8) is 0 Å². The molecule has 1 heterocycles. The van der Waals surface area contributed by atoms with Crippen molar-refractivity contribution in [3.05, 3.63) is 29.8 Å². The van der Waals surface area contributed by atoms with Gasteiger partial charge in [0.25, 0.3) is 0 Å². The Morgan fingerprint density at radius 3 is 2.64 bits per heavy atom. The highest BCUT2D eigenvalue weighted by Gasteiger charge is 2.27. The van der Waals surface area contributed by atoms with Crippen LogP contribution in [-0.4, -0.2) is 17.1 Å². The molecule has 2 nitrogen and oxygen atoms in total. The first-order chi connectivity index (χ1) is 6.57. The summed E-state index contributed by atoms with van der Waals surface area (Å²) in [5.41, 5.74) is 1.39. The fourth-order valence-corrected chi connectivity index (χ4v) is 1.66. The molecular weight excluding hydrogens is 174 g/mol. The lowest BCUT2D eigenvalue weighted by Crippen LogP contribution is -2.46. The second-order valence-electron chi connectivity index (χ2n) is 4.72. The molecule has 0 spiro atoms. The Hall–Kier alpha value is -1.02. The fraction of sp³-hybridized carbons (Fsp3) is 0.500. The van der Waals surface area contributed by atoms with Crippen LogP contribution >= 0.6 is 0 Å². The number of rotatable bonds is 0.